The molecule has 4 heteroatoms. The van der Waals surface area contributed by atoms with Crippen LogP contribution in [-0.2, 0) is 0 Å². The molecule has 108 valence electrons. The lowest BCUT2D eigenvalue weighted by atomic mass is 9.98. The Balaban J connectivity index is 2.19. The van der Waals surface area contributed by atoms with Gasteiger partial charge in [0, 0.05) is 13.1 Å². The zero-order valence-corrected chi connectivity index (χ0v) is 12.0. The van der Waals surface area contributed by atoms with Gasteiger partial charge in [-0.15, -0.1) is 0 Å². The monoisotopic (exact) mass is 275 g/mol. The van der Waals surface area contributed by atoms with Crippen molar-refractivity contribution in [1.82, 2.24) is 5.32 Å². The number of nitrogens with zero attached hydrogens (tertiary/aromatic N) is 2. The third-order valence-corrected chi connectivity index (χ3v) is 3.82. The number of hydrogen-bond acceptors (Lipinski definition) is 3. The lowest BCUT2D eigenvalue weighted by molar-refractivity contribution is 0.376. The lowest BCUT2D eigenvalue weighted by Gasteiger charge is -2.32. The number of anilines is 1. The van der Waals surface area contributed by atoms with Gasteiger partial charge in [-0.25, -0.2) is 4.39 Å². The summed E-state index contributed by atoms with van der Waals surface area (Å²) >= 11 is 0. The fraction of sp³-hybridized carbons (Fsp3) is 0.562. The molecule has 0 saturated carbocycles. The Labute approximate surface area is 120 Å². The first-order valence-corrected chi connectivity index (χ1v) is 7.40. The minimum Gasteiger partial charge on any atom is -0.370 e. The van der Waals surface area contributed by atoms with Gasteiger partial charge in [0.1, 0.15) is 17.4 Å². The topological polar surface area (TPSA) is 39.1 Å². The Morgan fingerprint density at radius 1 is 1.50 bits per heavy atom. The van der Waals surface area contributed by atoms with Crippen molar-refractivity contribution in [3.63, 3.8) is 0 Å². The van der Waals surface area contributed by atoms with Crippen LogP contribution in [0.25, 0.3) is 0 Å². The van der Waals surface area contributed by atoms with Gasteiger partial charge in [-0.2, -0.15) is 5.26 Å². The van der Waals surface area contributed by atoms with Crippen molar-refractivity contribution >= 4 is 5.69 Å². The summed E-state index contributed by atoms with van der Waals surface area (Å²) in [6, 6.07) is 6.91. The van der Waals surface area contributed by atoms with Gasteiger partial charge >= 0.3 is 0 Å². The van der Waals surface area contributed by atoms with Crippen molar-refractivity contribution < 1.29 is 4.39 Å². The molecule has 1 aliphatic rings. The molecule has 0 bridgehead atoms. The highest BCUT2D eigenvalue weighted by molar-refractivity contribution is 5.59. The molecule has 2 rings (SSSR count). The second-order valence-corrected chi connectivity index (χ2v) is 5.40. The first-order chi connectivity index (χ1) is 9.76. The Hall–Kier alpha value is -1.60. The van der Waals surface area contributed by atoms with E-state index in [1.165, 1.54) is 18.9 Å². The van der Waals surface area contributed by atoms with Crippen LogP contribution in [0, 0.1) is 23.1 Å². The second kappa shape index (κ2) is 7.25. The van der Waals surface area contributed by atoms with Gasteiger partial charge < -0.3 is 10.2 Å². The first-order valence-electron chi connectivity index (χ1n) is 7.40. The number of benzene rings is 1. The van der Waals surface area contributed by atoms with Crippen LogP contribution in [0.15, 0.2) is 18.2 Å². The van der Waals surface area contributed by atoms with E-state index in [9.17, 15) is 9.65 Å². The Bertz CT molecular complexity index is 475. The van der Waals surface area contributed by atoms with Crippen molar-refractivity contribution in [2.45, 2.75) is 26.2 Å². The van der Waals surface area contributed by atoms with Crippen molar-refractivity contribution in [2.75, 3.05) is 31.1 Å². The van der Waals surface area contributed by atoms with E-state index < -0.39 is 5.82 Å². The van der Waals surface area contributed by atoms with E-state index in [0.717, 1.165) is 38.3 Å². The molecule has 0 aromatic heterocycles. The lowest BCUT2D eigenvalue weighted by Crippen LogP contribution is -2.39. The molecule has 0 radical (unpaired) electrons. The van der Waals surface area contributed by atoms with E-state index >= 15 is 0 Å². The minimum atomic E-state index is -0.423. The number of nitrogens with one attached hydrogen (secondary N) is 1. The molecule has 0 aliphatic carbocycles. The van der Waals surface area contributed by atoms with Crippen molar-refractivity contribution in [2.24, 2.45) is 5.92 Å². The number of halogens is 1. The highest BCUT2D eigenvalue weighted by atomic mass is 19.1. The largest absolute Gasteiger partial charge is 0.370 e. The number of nitriles is 1. The smallest absolute Gasteiger partial charge is 0.143 e. The summed E-state index contributed by atoms with van der Waals surface area (Å²) in [5.74, 6) is 0.151. The molecule has 1 fully saturated rings. The van der Waals surface area contributed by atoms with E-state index in [0.29, 0.717) is 5.92 Å². The van der Waals surface area contributed by atoms with Gasteiger partial charge in [0.15, 0.2) is 0 Å². The van der Waals surface area contributed by atoms with E-state index in [4.69, 9.17) is 0 Å². The molecule has 1 aromatic carbocycles. The summed E-state index contributed by atoms with van der Waals surface area (Å²) in [6.45, 7) is 5.95. The maximum Gasteiger partial charge on any atom is 0.143 e. The summed E-state index contributed by atoms with van der Waals surface area (Å²) < 4.78 is 13.8. The quantitative estimate of drug-likeness (QED) is 0.898. The standard InChI is InChI=1S/C16H22FN3/c1-2-9-20(12-13-5-4-8-19-11-13)16-7-3-6-15(17)14(16)10-18/h3,6-7,13,19H,2,4-5,8-9,11-12H2,1H3. The van der Waals surface area contributed by atoms with Gasteiger partial charge in [-0.05, 0) is 50.4 Å². The molecular weight excluding hydrogens is 253 g/mol. The third-order valence-electron chi connectivity index (χ3n) is 3.82. The molecule has 1 saturated heterocycles. The van der Waals surface area contributed by atoms with E-state index in [-0.39, 0.29) is 5.56 Å². The van der Waals surface area contributed by atoms with E-state index in [1.54, 1.807) is 6.07 Å². The maximum absolute atomic E-state index is 13.8. The van der Waals surface area contributed by atoms with Gasteiger partial charge in [-0.3, -0.25) is 0 Å². The van der Waals surface area contributed by atoms with Gasteiger partial charge in [0.25, 0.3) is 0 Å². The zero-order valence-electron chi connectivity index (χ0n) is 12.0. The minimum absolute atomic E-state index is 0.171. The summed E-state index contributed by atoms with van der Waals surface area (Å²) in [5, 5.41) is 12.6. The number of piperidine rings is 1. The van der Waals surface area contributed by atoms with Gasteiger partial charge in [0.05, 0.1) is 5.69 Å². The summed E-state index contributed by atoms with van der Waals surface area (Å²) in [4.78, 5) is 2.17. The summed E-state index contributed by atoms with van der Waals surface area (Å²) in [6.07, 6.45) is 3.38. The Kier molecular flexibility index (Phi) is 5.37. The highest BCUT2D eigenvalue weighted by Crippen LogP contribution is 2.25. The van der Waals surface area contributed by atoms with Gasteiger partial charge in [-0.1, -0.05) is 13.0 Å². The average Bonchev–Trinajstić information content (AvgIpc) is 2.47. The summed E-state index contributed by atoms with van der Waals surface area (Å²) in [5.41, 5.74) is 0.907. The third kappa shape index (κ3) is 3.49. The fourth-order valence-corrected chi connectivity index (χ4v) is 2.86. The van der Waals surface area contributed by atoms with Crippen LogP contribution in [0.3, 0.4) is 0 Å². The van der Waals surface area contributed by atoms with Crippen LogP contribution in [-0.4, -0.2) is 26.2 Å². The molecule has 1 unspecified atom stereocenters. The second-order valence-electron chi connectivity index (χ2n) is 5.40. The number of rotatable bonds is 5. The van der Waals surface area contributed by atoms with Crippen LogP contribution in [0.5, 0.6) is 0 Å². The Morgan fingerprint density at radius 3 is 3.00 bits per heavy atom. The Morgan fingerprint density at radius 2 is 2.35 bits per heavy atom. The van der Waals surface area contributed by atoms with Crippen molar-refractivity contribution in [3.8, 4) is 6.07 Å². The number of hydrogen-bond donors (Lipinski definition) is 1. The van der Waals surface area contributed by atoms with Crippen LogP contribution in [0.2, 0.25) is 0 Å². The average molecular weight is 275 g/mol. The molecule has 1 aromatic rings. The van der Waals surface area contributed by atoms with Gasteiger partial charge in [0.2, 0.25) is 0 Å². The van der Waals surface area contributed by atoms with E-state index in [2.05, 4.69) is 17.1 Å². The van der Waals surface area contributed by atoms with Crippen molar-refractivity contribution in [3.05, 3.63) is 29.6 Å². The van der Waals surface area contributed by atoms with Crippen LogP contribution >= 0.6 is 0 Å². The molecule has 0 spiro atoms. The predicted molar refractivity (Wildman–Crippen MR) is 79.2 cm³/mol. The highest BCUT2D eigenvalue weighted by Gasteiger charge is 2.20. The zero-order chi connectivity index (χ0) is 14.4. The van der Waals surface area contributed by atoms with Crippen LogP contribution in [0.4, 0.5) is 10.1 Å². The molecule has 1 atom stereocenters. The van der Waals surface area contributed by atoms with Crippen LogP contribution < -0.4 is 10.2 Å². The summed E-state index contributed by atoms with van der Waals surface area (Å²) in [7, 11) is 0. The normalized spacial score (nSPS) is 18.6. The molecule has 0 amide bonds. The maximum atomic E-state index is 13.8. The molecule has 1 aliphatic heterocycles. The predicted octanol–water partition coefficient (Wildman–Crippen LogP) is 2.91. The molecule has 1 heterocycles. The van der Waals surface area contributed by atoms with Crippen molar-refractivity contribution in [1.29, 1.82) is 5.26 Å². The van der Waals surface area contributed by atoms with E-state index in [1.807, 2.05) is 12.1 Å². The molecule has 20 heavy (non-hydrogen) atoms. The first kappa shape index (κ1) is 14.8. The fourth-order valence-electron chi connectivity index (χ4n) is 2.86. The SMILES string of the molecule is CCCN(CC1CCCNC1)c1cccc(F)c1C#N. The van der Waals surface area contributed by atoms with Crippen LogP contribution in [0.1, 0.15) is 31.7 Å². The molecule has 3 nitrogen and oxygen atoms in total. The molecule has 1 N–H and O–H groups in total. The molecular formula is C16H22FN3.